The molecule has 0 fully saturated rings. The van der Waals surface area contributed by atoms with Crippen LogP contribution in [-0.4, -0.2) is 31.5 Å². The van der Waals surface area contributed by atoms with Gasteiger partial charge in [-0.2, -0.15) is 0 Å². The topological polar surface area (TPSA) is 58.4 Å². The van der Waals surface area contributed by atoms with Crippen molar-refractivity contribution in [3.63, 3.8) is 0 Å². The summed E-state index contributed by atoms with van der Waals surface area (Å²) < 4.78 is 1.90. The van der Waals surface area contributed by atoms with Crippen molar-refractivity contribution in [2.75, 3.05) is 0 Å². The Bertz CT molecular complexity index is 667. The van der Waals surface area contributed by atoms with Gasteiger partial charge in [0.15, 0.2) is 0 Å². The van der Waals surface area contributed by atoms with E-state index in [0.717, 1.165) is 11.4 Å². The quantitative estimate of drug-likeness (QED) is 0.921. The Balaban J connectivity index is 2.12. The number of aromatic hydroxyl groups is 1. The Labute approximate surface area is 135 Å². The molecule has 0 atom stereocenters. The average molecular weight is 322 g/mol. The van der Waals surface area contributed by atoms with Gasteiger partial charge < -0.3 is 14.6 Å². The van der Waals surface area contributed by atoms with Crippen LogP contribution in [-0.2, 0) is 24.8 Å². The van der Waals surface area contributed by atoms with Crippen LogP contribution >= 0.6 is 11.6 Å². The smallest absolute Gasteiger partial charge is 0.227 e. The lowest BCUT2D eigenvalue weighted by Crippen LogP contribution is -2.38. The highest BCUT2D eigenvalue weighted by atomic mass is 35.5. The van der Waals surface area contributed by atoms with E-state index in [9.17, 15) is 9.90 Å². The van der Waals surface area contributed by atoms with Gasteiger partial charge in [0.2, 0.25) is 5.91 Å². The molecule has 0 aliphatic heterocycles. The highest BCUT2D eigenvalue weighted by Crippen LogP contribution is 2.24. The van der Waals surface area contributed by atoms with E-state index in [2.05, 4.69) is 4.98 Å². The number of aromatic nitrogens is 2. The second-order valence-corrected chi connectivity index (χ2v) is 5.94. The highest BCUT2D eigenvalue weighted by Gasteiger charge is 2.19. The van der Waals surface area contributed by atoms with Crippen molar-refractivity contribution in [1.29, 1.82) is 0 Å². The lowest BCUT2D eigenvalue weighted by Gasteiger charge is -2.26. The number of carbonyl (C=O) groups is 1. The Kier molecular flexibility index (Phi) is 5.08. The van der Waals surface area contributed by atoms with Crippen molar-refractivity contribution in [2.45, 2.75) is 32.9 Å². The number of phenols is 1. The first kappa shape index (κ1) is 16.4. The zero-order valence-corrected chi connectivity index (χ0v) is 13.7. The molecule has 0 spiro atoms. The molecule has 118 valence electrons. The van der Waals surface area contributed by atoms with Crippen molar-refractivity contribution in [3.8, 4) is 5.75 Å². The molecular formula is C16H20ClN3O2. The minimum Gasteiger partial charge on any atom is -0.506 e. The van der Waals surface area contributed by atoms with Gasteiger partial charge in [0, 0.05) is 25.5 Å². The third kappa shape index (κ3) is 3.80. The molecule has 1 heterocycles. The molecule has 0 aliphatic carbocycles. The van der Waals surface area contributed by atoms with Crippen molar-refractivity contribution >= 4 is 17.5 Å². The summed E-state index contributed by atoms with van der Waals surface area (Å²) in [6.07, 6.45) is 3.82. The lowest BCUT2D eigenvalue weighted by molar-refractivity contribution is -0.133. The Morgan fingerprint density at radius 1 is 1.45 bits per heavy atom. The predicted molar refractivity (Wildman–Crippen MR) is 85.7 cm³/mol. The highest BCUT2D eigenvalue weighted by molar-refractivity contribution is 6.32. The summed E-state index contributed by atoms with van der Waals surface area (Å²) in [5.41, 5.74) is 0.776. The first-order valence-corrected chi connectivity index (χ1v) is 7.49. The number of halogens is 1. The molecule has 22 heavy (non-hydrogen) atoms. The Morgan fingerprint density at radius 3 is 2.73 bits per heavy atom. The average Bonchev–Trinajstić information content (AvgIpc) is 2.85. The van der Waals surface area contributed by atoms with Crippen LogP contribution in [0, 0.1) is 0 Å². The first-order chi connectivity index (χ1) is 10.4. The fourth-order valence-electron chi connectivity index (χ4n) is 2.20. The molecule has 1 amide bonds. The number of hydrogen-bond acceptors (Lipinski definition) is 3. The van der Waals surface area contributed by atoms with Crippen LogP contribution in [0.4, 0.5) is 0 Å². The summed E-state index contributed by atoms with van der Waals surface area (Å²) in [5.74, 6) is 0.858. The summed E-state index contributed by atoms with van der Waals surface area (Å²) in [6.45, 7) is 4.42. The maximum atomic E-state index is 12.6. The molecule has 0 unspecified atom stereocenters. The van der Waals surface area contributed by atoms with E-state index in [1.54, 1.807) is 23.2 Å². The van der Waals surface area contributed by atoms with E-state index in [-0.39, 0.29) is 29.1 Å². The number of amides is 1. The van der Waals surface area contributed by atoms with Gasteiger partial charge in [0.1, 0.15) is 11.6 Å². The number of carbonyl (C=O) groups excluding carboxylic acids is 1. The van der Waals surface area contributed by atoms with E-state index < -0.39 is 0 Å². The molecule has 2 rings (SSSR count). The fourth-order valence-corrected chi connectivity index (χ4v) is 2.40. The maximum Gasteiger partial charge on any atom is 0.227 e. The lowest BCUT2D eigenvalue weighted by atomic mass is 10.1. The van der Waals surface area contributed by atoms with Crippen LogP contribution in [0.5, 0.6) is 5.75 Å². The molecule has 2 aromatic rings. The molecule has 1 aromatic heterocycles. The SMILES string of the molecule is CC(C)N(Cc1nccn1C)C(=O)Cc1ccc(O)c(Cl)c1. The van der Waals surface area contributed by atoms with E-state index >= 15 is 0 Å². The summed E-state index contributed by atoms with van der Waals surface area (Å²) in [7, 11) is 1.91. The number of aryl methyl sites for hydroxylation is 1. The summed E-state index contributed by atoms with van der Waals surface area (Å²) in [4.78, 5) is 18.6. The zero-order valence-electron chi connectivity index (χ0n) is 13.0. The van der Waals surface area contributed by atoms with Crippen LogP contribution in [0.3, 0.4) is 0 Å². The van der Waals surface area contributed by atoms with Gasteiger partial charge in [-0.25, -0.2) is 4.98 Å². The van der Waals surface area contributed by atoms with Gasteiger partial charge >= 0.3 is 0 Å². The second-order valence-electron chi connectivity index (χ2n) is 5.53. The number of rotatable bonds is 5. The molecule has 5 nitrogen and oxygen atoms in total. The van der Waals surface area contributed by atoms with Gasteiger partial charge in [-0.15, -0.1) is 0 Å². The summed E-state index contributed by atoms with van der Waals surface area (Å²) in [6, 6.07) is 4.90. The third-order valence-corrected chi connectivity index (χ3v) is 3.85. The van der Waals surface area contributed by atoms with Gasteiger partial charge in [0.05, 0.1) is 18.0 Å². The molecule has 1 aromatic carbocycles. The van der Waals surface area contributed by atoms with Crippen LogP contribution in [0.2, 0.25) is 5.02 Å². The molecular weight excluding hydrogens is 302 g/mol. The fraction of sp³-hybridized carbons (Fsp3) is 0.375. The van der Waals surface area contributed by atoms with E-state index in [1.807, 2.05) is 31.7 Å². The van der Waals surface area contributed by atoms with E-state index in [4.69, 9.17) is 11.6 Å². The van der Waals surface area contributed by atoms with Crippen LogP contribution in [0.1, 0.15) is 25.2 Å². The molecule has 0 bridgehead atoms. The number of phenolic OH excluding ortho intramolecular Hbond substituents is 1. The molecule has 0 aliphatic rings. The van der Waals surface area contributed by atoms with E-state index in [0.29, 0.717) is 6.54 Å². The number of nitrogens with zero attached hydrogens (tertiary/aromatic N) is 3. The Morgan fingerprint density at radius 2 is 2.18 bits per heavy atom. The van der Waals surface area contributed by atoms with Crippen molar-refractivity contribution in [2.24, 2.45) is 7.05 Å². The van der Waals surface area contributed by atoms with Crippen molar-refractivity contribution in [1.82, 2.24) is 14.5 Å². The van der Waals surface area contributed by atoms with Gasteiger partial charge in [-0.3, -0.25) is 4.79 Å². The summed E-state index contributed by atoms with van der Waals surface area (Å²) >= 11 is 5.89. The molecule has 1 N–H and O–H groups in total. The van der Waals surface area contributed by atoms with Gasteiger partial charge in [0.25, 0.3) is 0 Å². The number of imidazole rings is 1. The normalized spacial score (nSPS) is 11.0. The maximum absolute atomic E-state index is 12.6. The molecule has 0 saturated carbocycles. The van der Waals surface area contributed by atoms with Crippen LogP contribution in [0.25, 0.3) is 0 Å². The van der Waals surface area contributed by atoms with Crippen molar-refractivity contribution in [3.05, 3.63) is 47.0 Å². The minimum atomic E-state index is -0.000225. The zero-order chi connectivity index (χ0) is 16.3. The monoisotopic (exact) mass is 321 g/mol. The Hall–Kier alpha value is -2.01. The molecule has 0 saturated heterocycles. The summed E-state index contributed by atoms with van der Waals surface area (Å²) in [5, 5.41) is 9.69. The predicted octanol–water partition coefficient (Wildman–Crippen LogP) is 2.76. The molecule has 0 radical (unpaired) electrons. The van der Waals surface area contributed by atoms with Gasteiger partial charge in [-0.05, 0) is 31.5 Å². The molecule has 6 heteroatoms. The standard InChI is InChI=1S/C16H20ClN3O2/c1-11(2)20(10-15-18-6-7-19(15)3)16(22)9-12-4-5-14(21)13(17)8-12/h4-8,11,21H,9-10H2,1-3H3. The number of hydrogen-bond donors (Lipinski definition) is 1. The third-order valence-electron chi connectivity index (χ3n) is 3.54. The van der Waals surface area contributed by atoms with Crippen LogP contribution in [0.15, 0.2) is 30.6 Å². The van der Waals surface area contributed by atoms with Crippen LogP contribution < -0.4 is 0 Å². The largest absolute Gasteiger partial charge is 0.506 e. The first-order valence-electron chi connectivity index (χ1n) is 7.11. The number of benzene rings is 1. The van der Waals surface area contributed by atoms with E-state index in [1.165, 1.54) is 6.07 Å². The van der Waals surface area contributed by atoms with Gasteiger partial charge in [-0.1, -0.05) is 17.7 Å². The minimum absolute atomic E-state index is 0.000225. The second kappa shape index (κ2) is 6.83. The van der Waals surface area contributed by atoms with Crippen molar-refractivity contribution < 1.29 is 9.90 Å².